The number of piperidine rings is 1. The second kappa shape index (κ2) is 6.71. The number of piperazine rings is 1. The van der Waals surface area contributed by atoms with E-state index < -0.39 is 0 Å². The first-order valence-electron chi connectivity index (χ1n) is 9.30. The molecule has 1 aromatic rings. The predicted molar refractivity (Wildman–Crippen MR) is 86.8 cm³/mol. The molecule has 3 heterocycles. The lowest BCUT2D eigenvalue weighted by molar-refractivity contribution is 0.0417. The fraction of sp³-hybridized carbons (Fsp3) is 0.833. The van der Waals surface area contributed by atoms with Crippen LogP contribution in [0.2, 0.25) is 0 Å². The van der Waals surface area contributed by atoms with Gasteiger partial charge in [0.1, 0.15) is 0 Å². The Labute approximate surface area is 133 Å². The summed E-state index contributed by atoms with van der Waals surface area (Å²) in [7, 11) is 0. The van der Waals surface area contributed by atoms with E-state index in [1.807, 2.05) is 0 Å². The number of hydrogen-bond donors (Lipinski definition) is 0. The van der Waals surface area contributed by atoms with Gasteiger partial charge in [0, 0.05) is 37.7 Å². The lowest BCUT2D eigenvalue weighted by Crippen LogP contribution is -2.54. The quantitative estimate of drug-likeness (QED) is 0.857. The summed E-state index contributed by atoms with van der Waals surface area (Å²) in [5.41, 5.74) is 1.21. The minimum absolute atomic E-state index is 0.654. The van der Waals surface area contributed by atoms with E-state index in [9.17, 15) is 0 Å². The molecule has 4 rings (SSSR count). The van der Waals surface area contributed by atoms with Crippen LogP contribution in [0.1, 0.15) is 68.7 Å². The van der Waals surface area contributed by atoms with Crippen LogP contribution >= 0.6 is 0 Å². The summed E-state index contributed by atoms with van der Waals surface area (Å²) in [5.74, 6) is 1.73. The third kappa shape index (κ3) is 3.23. The van der Waals surface area contributed by atoms with Gasteiger partial charge < -0.3 is 4.52 Å². The van der Waals surface area contributed by atoms with Crippen molar-refractivity contribution in [2.24, 2.45) is 0 Å². The minimum Gasteiger partial charge on any atom is -0.360 e. The fourth-order valence-electron chi connectivity index (χ4n) is 4.58. The maximum Gasteiger partial charge on any atom is 0.150 e. The van der Waals surface area contributed by atoms with Crippen LogP contribution in [0, 0.1) is 0 Å². The number of aromatic nitrogens is 1. The normalized spacial score (nSPS) is 28.6. The van der Waals surface area contributed by atoms with E-state index >= 15 is 0 Å². The van der Waals surface area contributed by atoms with Crippen molar-refractivity contribution in [3.8, 4) is 0 Å². The van der Waals surface area contributed by atoms with Gasteiger partial charge in [-0.2, -0.15) is 0 Å². The molecule has 4 nitrogen and oxygen atoms in total. The molecule has 0 amide bonds. The van der Waals surface area contributed by atoms with Crippen LogP contribution in [-0.2, 0) is 6.54 Å². The van der Waals surface area contributed by atoms with Gasteiger partial charge in [-0.3, -0.25) is 9.80 Å². The van der Waals surface area contributed by atoms with Crippen molar-refractivity contribution in [2.75, 3.05) is 26.2 Å². The monoisotopic (exact) mass is 303 g/mol. The van der Waals surface area contributed by atoms with Crippen LogP contribution in [0.3, 0.4) is 0 Å². The highest BCUT2D eigenvalue weighted by molar-refractivity contribution is 5.11. The molecule has 2 aliphatic heterocycles. The zero-order valence-electron chi connectivity index (χ0n) is 13.7. The largest absolute Gasteiger partial charge is 0.360 e. The summed E-state index contributed by atoms with van der Waals surface area (Å²) in [6.45, 7) is 5.88. The minimum atomic E-state index is 0.654. The van der Waals surface area contributed by atoms with Crippen molar-refractivity contribution in [1.29, 1.82) is 0 Å². The Bertz CT molecular complexity index is 480. The molecule has 122 valence electrons. The lowest BCUT2D eigenvalue weighted by Gasteiger charge is -2.43. The molecule has 22 heavy (non-hydrogen) atoms. The van der Waals surface area contributed by atoms with Crippen LogP contribution in [0.4, 0.5) is 0 Å². The standard InChI is InChI=1S/C18H29N3O/c1-2-6-15(7-3-1)18-12-17(22-19-18)14-20-10-11-21-9-5-4-8-16(21)13-20/h12,15-16H,1-11,13-14H2. The Kier molecular flexibility index (Phi) is 4.49. The first kappa shape index (κ1) is 14.7. The van der Waals surface area contributed by atoms with Gasteiger partial charge in [-0.15, -0.1) is 0 Å². The first-order chi connectivity index (χ1) is 10.9. The number of rotatable bonds is 3. The molecule has 0 aromatic carbocycles. The number of hydrogen-bond acceptors (Lipinski definition) is 4. The summed E-state index contributed by atoms with van der Waals surface area (Å²) in [5, 5.41) is 4.37. The molecule has 0 radical (unpaired) electrons. The average molecular weight is 303 g/mol. The Balaban J connectivity index is 1.34. The van der Waals surface area contributed by atoms with Gasteiger partial charge in [0.2, 0.25) is 0 Å². The first-order valence-corrected chi connectivity index (χ1v) is 9.30. The van der Waals surface area contributed by atoms with Gasteiger partial charge in [0.15, 0.2) is 5.76 Å². The van der Waals surface area contributed by atoms with Crippen LogP contribution < -0.4 is 0 Å². The van der Waals surface area contributed by atoms with Gasteiger partial charge in [-0.05, 0) is 32.2 Å². The summed E-state index contributed by atoms with van der Waals surface area (Å²) in [4.78, 5) is 5.26. The average Bonchev–Trinajstić information content (AvgIpc) is 3.04. The molecular weight excluding hydrogens is 274 g/mol. The zero-order valence-corrected chi connectivity index (χ0v) is 13.7. The van der Waals surface area contributed by atoms with Gasteiger partial charge in [-0.25, -0.2) is 0 Å². The summed E-state index contributed by atoms with van der Waals surface area (Å²) >= 11 is 0. The topological polar surface area (TPSA) is 32.5 Å². The molecule has 1 saturated carbocycles. The molecule has 1 aromatic heterocycles. The smallest absolute Gasteiger partial charge is 0.150 e. The van der Waals surface area contributed by atoms with Gasteiger partial charge in [0.05, 0.1) is 12.2 Å². The Morgan fingerprint density at radius 1 is 1.00 bits per heavy atom. The maximum atomic E-state index is 5.65. The fourth-order valence-corrected chi connectivity index (χ4v) is 4.58. The third-order valence-corrected chi connectivity index (χ3v) is 5.90. The maximum absolute atomic E-state index is 5.65. The van der Waals surface area contributed by atoms with E-state index in [0.717, 1.165) is 18.3 Å². The molecule has 3 aliphatic rings. The van der Waals surface area contributed by atoms with Crippen LogP contribution in [0.5, 0.6) is 0 Å². The molecule has 0 N–H and O–H groups in total. The van der Waals surface area contributed by atoms with Crippen molar-refractivity contribution in [1.82, 2.24) is 15.0 Å². The van der Waals surface area contributed by atoms with Gasteiger partial charge >= 0.3 is 0 Å². The van der Waals surface area contributed by atoms with Crippen molar-refractivity contribution < 1.29 is 4.52 Å². The third-order valence-electron chi connectivity index (χ3n) is 5.90. The molecular formula is C18H29N3O. The van der Waals surface area contributed by atoms with Crippen molar-refractivity contribution in [2.45, 2.75) is 69.9 Å². The van der Waals surface area contributed by atoms with Crippen molar-refractivity contribution in [3.05, 3.63) is 17.5 Å². The van der Waals surface area contributed by atoms with E-state index in [4.69, 9.17) is 4.52 Å². The number of fused-ring (bicyclic) bond motifs is 1. The molecule has 2 saturated heterocycles. The molecule has 0 spiro atoms. The molecule has 3 fully saturated rings. The highest BCUT2D eigenvalue weighted by Crippen LogP contribution is 2.32. The second-order valence-corrected chi connectivity index (χ2v) is 7.47. The summed E-state index contributed by atoms with van der Waals surface area (Å²) in [6.07, 6.45) is 10.9. The van der Waals surface area contributed by atoms with Gasteiger partial charge in [0.25, 0.3) is 0 Å². The van der Waals surface area contributed by atoms with E-state index in [2.05, 4.69) is 21.0 Å². The molecule has 1 unspecified atom stereocenters. The lowest BCUT2D eigenvalue weighted by atomic mass is 9.87. The predicted octanol–water partition coefficient (Wildman–Crippen LogP) is 3.39. The molecule has 4 heteroatoms. The Hall–Kier alpha value is -0.870. The second-order valence-electron chi connectivity index (χ2n) is 7.47. The van der Waals surface area contributed by atoms with E-state index in [-0.39, 0.29) is 0 Å². The molecule has 1 atom stereocenters. The van der Waals surface area contributed by atoms with Crippen LogP contribution in [0.15, 0.2) is 10.6 Å². The summed E-state index contributed by atoms with van der Waals surface area (Å²) in [6, 6.07) is 3.02. The van der Waals surface area contributed by atoms with E-state index in [0.29, 0.717) is 5.92 Å². The van der Waals surface area contributed by atoms with E-state index in [1.54, 1.807) is 0 Å². The van der Waals surface area contributed by atoms with Crippen molar-refractivity contribution in [3.63, 3.8) is 0 Å². The van der Waals surface area contributed by atoms with Crippen LogP contribution in [0.25, 0.3) is 0 Å². The highest BCUT2D eigenvalue weighted by Gasteiger charge is 2.29. The molecule has 1 aliphatic carbocycles. The highest BCUT2D eigenvalue weighted by atomic mass is 16.5. The number of nitrogens with zero attached hydrogens (tertiary/aromatic N) is 3. The Morgan fingerprint density at radius 3 is 2.77 bits per heavy atom. The SMILES string of the molecule is c1c(C2CCCCC2)noc1CN1CCN2CCCCC2C1. The van der Waals surface area contributed by atoms with Crippen molar-refractivity contribution >= 4 is 0 Å². The van der Waals surface area contributed by atoms with E-state index in [1.165, 1.54) is 83.2 Å². The van der Waals surface area contributed by atoms with Crippen LogP contribution in [-0.4, -0.2) is 47.2 Å². The zero-order chi connectivity index (χ0) is 14.8. The van der Waals surface area contributed by atoms with Gasteiger partial charge in [-0.1, -0.05) is 30.8 Å². The molecule has 0 bridgehead atoms. The summed E-state index contributed by atoms with van der Waals surface area (Å²) < 4.78 is 5.65. The Morgan fingerprint density at radius 2 is 1.86 bits per heavy atom.